The predicted octanol–water partition coefficient (Wildman–Crippen LogP) is -0.560. The first kappa shape index (κ1) is 17.2. The molecule has 18 heavy (non-hydrogen) atoms. The van der Waals surface area contributed by atoms with E-state index in [0.29, 0.717) is 12.6 Å². The molecule has 0 saturated carbocycles. The molecular formula is C8H14O9P+. The lowest BCUT2D eigenvalue weighted by Crippen LogP contribution is -2.16. The first-order valence-electron chi connectivity index (χ1n) is 4.90. The second-order valence-corrected chi connectivity index (χ2v) is 3.80. The zero-order chi connectivity index (χ0) is 13.8. The number of hydrogen-bond donors (Lipinski definition) is 2. The average molecular weight is 285 g/mol. The van der Waals surface area contributed by atoms with Crippen molar-refractivity contribution in [1.82, 2.24) is 0 Å². The molecule has 2 N–H and O–H groups in total. The van der Waals surface area contributed by atoms with E-state index in [1.54, 1.807) is 0 Å². The molecule has 0 aliphatic carbocycles. The van der Waals surface area contributed by atoms with E-state index < -0.39 is 20.5 Å². The second-order valence-electron chi connectivity index (χ2n) is 3.05. The van der Waals surface area contributed by atoms with Gasteiger partial charge in [-0.1, -0.05) is 0 Å². The highest BCUT2D eigenvalue weighted by Crippen LogP contribution is 2.24. The van der Waals surface area contributed by atoms with Crippen molar-refractivity contribution in [1.29, 1.82) is 0 Å². The second kappa shape index (κ2) is 11.3. The SMILES string of the molecule is O=CCC(O)COO[P+](=O)OOCC(O)CC=O. The van der Waals surface area contributed by atoms with Crippen molar-refractivity contribution in [2.45, 2.75) is 25.0 Å². The number of carbonyl (C=O) groups excluding carboxylic acids is 2. The van der Waals surface area contributed by atoms with Crippen molar-refractivity contribution < 1.29 is 43.5 Å². The van der Waals surface area contributed by atoms with Gasteiger partial charge in [0.2, 0.25) is 0 Å². The molecule has 0 spiro atoms. The third-order valence-electron chi connectivity index (χ3n) is 1.48. The molecule has 0 amide bonds. The van der Waals surface area contributed by atoms with Gasteiger partial charge in [0.25, 0.3) is 0 Å². The summed E-state index contributed by atoms with van der Waals surface area (Å²) in [7, 11) is -2.75. The molecule has 0 bridgehead atoms. The summed E-state index contributed by atoms with van der Waals surface area (Å²) in [6.45, 7) is -0.728. The monoisotopic (exact) mass is 285 g/mol. The van der Waals surface area contributed by atoms with Gasteiger partial charge in [0.15, 0.2) is 0 Å². The molecular weight excluding hydrogens is 271 g/mol. The zero-order valence-electron chi connectivity index (χ0n) is 9.34. The molecule has 0 aromatic rings. The summed E-state index contributed by atoms with van der Waals surface area (Å²) < 4.78 is 19.1. The summed E-state index contributed by atoms with van der Waals surface area (Å²) in [5.41, 5.74) is 0. The van der Waals surface area contributed by atoms with Gasteiger partial charge in [0.05, 0.1) is 21.6 Å². The van der Waals surface area contributed by atoms with E-state index in [4.69, 9.17) is 10.2 Å². The molecule has 0 radical (unpaired) electrons. The standard InChI is InChI=1S/C8H14O9P/c9-3-1-7(11)5-14-16-18(13)17-15-6-8(12)2-4-10/h3-4,7-8,11-12H,1-2,5-6H2/q+1. The molecule has 0 fully saturated rings. The Kier molecular flexibility index (Phi) is 10.8. The Bertz CT molecular complexity index is 235. The summed E-state index contributed by atoms with van der Waals surface area (Å²) in [6, 6.07) is 0. The number of aliphatic hydroxyl groups excluding tert-OH is 2. The Morgan fingerprint density at radius 1 is 0.944 bits per heavy atom. The largest absolute Gasteiger partial charge is 0.759 e. The number of hydrogen-bond acceptors (Lipinski definition) is 9. The van der Waals surface area contributed by atoms with E-state index in [9.17, 15) is 14.2 Å². The van der Waals surface area contributed by atoms with Crippen LogP contribution in [0, 0.1) is 0 Å². The van der Waals surface area contributed by atoms with E-state index in [1.165, 1.54) is 0 Å². The molecule has 0 aliphatic rings. The Balaban J connectivity index is 3.48. The summed E-state index contributed by atoms with van der Waals surface area (Å²) in [5.74, 6) is 0. The zero-order valence-corrected chi connectivity index (χ0v) is 10.2. The first-order chi connectivity index (χ1) is 8.60. The van der Waals surface area contributed by atoms with Gasteiger partial charge in [-0.15, -0.1) is 0 Å². The van der Waals surface area contributed by atoms with Crippen LogP contribution in [0.15, 0.2) is 0 Å². The lowest BCUT2D eigenvalue weighted by atomic mass is 10.3. The summed E-state index contributed by atoms with van der Waals surface area (Å²) >= 11 is 0. The minimum absolute atomic E-state index is 0.143. The molecule has 0 aromatic carbocycles. The lowest BCUT2D eigenvalue weighted by molar-refractivity contribution is -0.271. The van der Waals surface area contributed by atoms with Crippen molar-refractivity contribution in [3.8, 4) is 0 Å². The molecule has 0 rings (SSSR count). The third-order valence-corrected chi connectivity index (χ3v) is 1.94. The van der Waals surface area contributed by atoms with E-state index in [2.05, 4.69) is 19.1 Å². The number of aldehydes is 2. The Morgan fingerprint density at radius 3 is 1.67 bits per heavy atom. The van der Waals surface area contributed by atoms with E-state index in [1.807, 2.05) is 0 Å². The van der Waals surface area contributed by atoms with Crippen LogP contribution in [0.4, 0.5) is 0 Å². The maximum atomic E-state index is 10.9. The van der Waals surface area contributed by atoms with Crippen molar-refractivity contribution in [3.63, 3.8) is 0 Å². The van der Waals surface area contributed by atoms with Gasteiger partial charge in [-0.2, -0.15) is 9.78 Å². The van der Waals surface area contributed by atoms with Crippen LogP contribution in [0.3, 0.4) is 0 Å². The Morgan fingerprint density at radius 2 is 1.33 bits per heavy atom. The summed E-state index contributed by atoms with van der Waals surface area (Å²) in [5, 5.41) is 18.0. The van der Waals surface area contributed by atoms with Crippen molar-refractivity contribution in [2.75, 3.05) is 13.2 Å². The highest BCUT2D eigenvalue weighted by molar-refractivity contribution is 7.32. The van der Waals surface area contributed by atoms with Crippen molar-refractivity contribution >= 4 is 20.8 Å². The minimum atomic E-state index is -2.75. The molecule has 0 heterocycles. The van der Waals surface area contributed by atoms with Gasteiger partial charge in [-0.3, -0.25) is 0 Å². The van der Waals surface area contributed by atoms with E-state index in [0.717, 1.165) is 0 Å². The highest BCUT2D eigenvalue weighted by Gasteiger charge is 2.25. The first-order valence-corrected chi connectivity index (χ1v) is 5.99. The topological polar surface area (TPSA) is 129 Å². The minimum Gasteiger partial charge on any atom is -0.390 e. The lowest BCUT2D eigenvalue weighted by Gasteiger charge is -2.02. The van der Waals surface area contributed by atoms with E-state index >= 15 is 0 Å². The maximum Gasteiger partial charge on any atom is 0.759 e. The van der Waals surface area contributed by atoms with Gasteiger partial charge in [0.1, 0.15) is 25.8 Å². The molecule has 0 aromatic heterocycles. The summed E-state index contributed by atoms with van der Waals surface area (Å²) in [6.07, 6.45) is -1.45. The van der Waals surface area contributed by atoms with Gasteiger partial charge >= 0.3 is 8.25 Å². The van der Waals surface area contributed by atoms with Crippen LogP contribution in [0.5, 0.6) is 0 Å². The van der Waals surface area contributed by atoms with Crippen LogP contribution < -0.4 is 0 Å². The maximum absolute atomic E-state index is 10.9. The van der Waals surface area contributed by atoms with Gasteiger partial charge in [0, 0.05) is 17.4 Å². The number of carbonyl (C=O) groups is 2. The van der Waals surface area contributed by atoms with Crippen molar-refractivity contribution in [3.05, 3.63) is 0 Å². The molecule has 2 unspecified atom stereocenters. The van der Waals surface area contributed by atoms with Crippen molar-refractivity contribution in [2.24, 2.45) is 0 Å². The highest BCUT2D eigenvalue weighted by atomic mass is 31.1. The van der Waals surface area contributed by atoms with Crippen LogP contribution in [-0.4, -0.2) is 48.2 Å². The average Bonchev–Trinajstić information content (AvgIpc) is 2.29. The fraction of sp³-hybridized carbons (Fsp3) is 0.750. The smallest absolute Gasteiger partial charge is 0.390 e. The Hall–Kier alpha value is -0.800. The molecule has 104 valence electrons. The van der Waals surface area contributed by atoms with Crippen LogP contribution in [0.2, 0.25) is 0 Å². The molecule has 0 saturated heterocycles. The summed E-state index contributed by atoms with van der Waals surface area (Å²) in [4.78, 5) is 28.5. The van der Waals surface area contributed by atoms with Crippen LogP contribution >= 0.6 is 8.25 Å². The van der Waals surface area contributed by atoms with E-state index in [-0.39, 0.29) is 26.1 Å². The van der Waals surface area contributed by atoms with Crippen LogP contribution in [0.1, 0.15) is 12.8 Å². The van der Waals surface area contributed by atoms with Gasteiger partial charge in [-0.05, 0) is 0 Å². The third kappa shape index (κ3) is 10.4. The fourth-order valence-corrected chi connectivity index (χ4v) is 0.993. The van der Waals surface area contributed by atoms with Crippen LogP contribution in [0.25, 0.3) is 0 Å². The predicted molar refractivity (Wildman–Crippen MR) is 55.1 cm³/mol. The quantitative estimate of drug-likeness (QED) is 0.210. The normalized spacial score (nSPS) is 14.9. The molecule has 9 nitrogen and oxygen atoms in total. The Labute approximate surface area is 103 Å². The number of aliphatic hydroxyl groups is 2. The van der Waals surface area contributed by atoms with Gasteiger partial charge in [-0.25, -0.2) is 0 Å². The number of rotatable bonds is 12. The molecule has 10 heteroatoms. The molecule has 2 atom stereocenters. The molecule has 0 aliphatic heterocycles. The fourth-order valence-electron chi connectivity index (χ4n) is 0.675. The van der Waals surface area contributed by atoms with Crippen LogP contribution in [-0.2, 0) is 33.3 Å². The van der Waals surface area contributed by atoms with Gasteiger partial charge < -0.3 is 19.8 Å².